The molecule has 0 saturated heterocycles. The standard InChI is InChI=1S/C17H21FN4O2/c1-11-10-15(23)21-14(20-11)8-9-19-17(24)16(22(2)3)12-4-6-13(18)7-5-12/h4-7,10,16H,8-9H2,1-3H3,(H,19,24)(H,20,21,23)/t16-/m1/s1. The highest BCUT2D eigenvalue weighted by atomic mass is 19.1. The van der Waals surface area contributed by atoms with E-state index in [-0.39, 0.29) is 17.3 Å². The minimum absolute atomic E-state index is 0.193. The molecule has 0 bridgehead atoms. The zero-order valence-corrected chi connectivity index (χ0v) is 14.0. The minimum atomic E-state index is -0.518. The van der Waals surface area contributed by atoms with E-state index in [9.17, 15) is 14.0 Å². The first-order chi connectivity index (χ1) is 11.4. The van der Waals surface area contributed by atoms with Gasteiger partial charge < -0.3 is 10.3 Å². The number of amides is 1. The Labute approximate surface area is 139 Å². The molecule has 7 heteroatoms. The summed E-state index contributed by atoms with van der Waals surface area (Å²) in [6, 6.07) is 6.76. The number of nitrogens with one attached hydrogen (secondary N) is 2. The molecule has 0 aliphatic rings. The smallest absolute Gasteiger partial charge is 0.251 e. The van der Waals surface area contributed by atoms with Crippen LogP contribution in [0.2, 0.25) is 0 Å². The zero-order valence-electron chi connectivity index (χ0n) is 14.0. The third kappa shape index (κ3) is 4.73. The molecule has 128 valence electrons. The van der Waals surface area contributed by atoms with Crippen molar-refractivity contribution in [2.45, 2.75) is 19.4 Å². The molecule has 2 N–H and O–H groups in total. The molecule has 0 radical (unpaired) electrons. The van der Waals surface area contributed by atoms with Crippen molar-refractivity contribution >= 4 is 5.91 Å². The Kier molecular flexibility index (Phi) is 5.81. The molecule has 0 unspecified atom stereocenters. The van der Waals surface area contributed by atoms with Gasteiger partial charge in [-0.3, -0.25) is 14.5 Å². The van der Waals surface area contributed by atoms with Gasteiger partial charge in [0.15, 0.2) is 0 Å². The van der Waals surface area contributed by atoms with Gasteiger partial charge in [-0.15, -0.1) is 0 Å². The summed E-state index contributed by atoms with van der Waals surface area (Å²) in [5.74, 6) is -0.00349. The lowest BCUT2D eigenvalue weighted by Gasteiger charge is -2.23. The van der Waals surface area contributed by atoms with E-state index in [1.165, 1.54) is 18.2 Å². The van der Waals surface area contributed by atoms with E-state index in [0.29, 0.717) is 30.0 Å². The number of carbonyl (C=O) groups excluding carboxylic acids is 1. The molecule has 1 atom stereocenters. The number of hydrogen-bond donors (Lipinski definition) is 2. The number of carbonyl (C=O) groups is 1. The molecular formula is C17H21FN4O2. The van der Waals surface area contributed by atoms with Crippen LogP contribution in [-0.4, -0.2) is 41.4 Å². The van der Waals surface area contributed by atoms with Gasteiger partial charge in [-0.1, -0.05) is 12.1 Å². The van der Waals surface area contributed by atoms with Gasteiger partial charge in [0.1, 0.15) is 17.7 Å². The summed E-state index contributed by atoms with van der Waals surface area (Å²) in [7, 11) is 3.57. The SMILES string of the molecule is Cc1cc(=O)[nH]c(CCNC(=O)[C@@H](c2ccc(F)cc2)N(C)C)n1. The highest BCUT2D eigenvalue weighted by Crippen LogP contribution is 2.18. The maximum Gasteiger partial charge on any atom is 0.251 e. The van der Waals surface area contributed by atoms with Crippen molar-refractivity contribution < 1.29 is 9.18 Å². The predicted octanol–water partition coefficient (Wildman–Crippen LogP) is 1.18. The molecule has 24 heavy (non-hydrogen) atoms. The van der Waals surface area contributed by atoms with Crippen LogP contribution in [0.5, 0.6) is 0 Å². The second kappa shape index (κ2) is 7.83. The zero-order chi connectivity index (χ0) is 17.7. The van der Waals surface area contributed by atoms with Crippen LogP contribution in [0.4, 0.5) is 4.39 Å². The summed E-state index contributed by atoms with van der Waals surface area (Å²) >= 11 is 0. The van der Waals surface area contributed by atoms with Crippen molar-refractivity contribution in [3.8, 4) is 0 Å². The topological polar surface area (TPSA) is 78.1 Å². The van der Waals surface area contributed by atoms with Gasteiger partial charge in [-0.25, -0.2) is 9.37 Å². The van der Waals surface area contributed by atoms with E-state index in [4.69, 9.17) is 0 Å². The molecular weight excluding hydrogens is 311 g/mol. The second-order valence-corrected chi connectivity index (χ2v) is 5.79. The second-order valence-electron chi connectivity index (χ2n) is 5.79. The van der Waals surface area contributed by atoms with E-state index in [1.54, 1.807) is 38.1 Å². The van der Waals surface area contributed by atoms with Crippen molar-refractivity contribution in [2.75, 3.05) is 20.6 Å². The van der Waals surface area contributed by atoms with E-state index in [1.807, 2.05) is 0 Å². The first kappa shape index (κ1) is 17.8. The van der Waals surface area contributed by atoms with Crippen LogP contribution in [-0.2, 0) is 11.2 Å². The summed E-state index contributed by atoms with van der Waals surface area (Å²) in [5.41, 5.74) is 1.14. The Hall–Kier alpha value is -2.54. The van der Waals surface area contributed by atoms with Crippen molar-refractivity contribution in [2.24, 2.45) is 0 Å². The summed E-state index contributed by atoms with van der Waals surface area (Å²) in [6.07, 6.45) is 0.423. The van der Waals surface area contributed by atoms with Crippen molar-refractivity contribution in [1.29, 1.82) is 0 Å². The average Bonchev–Trinajstić information content (AvgIpc) is 2.48. The molecule has 2 rings (SSSR count). The normalized spacial score (nSPS) is 12.2. The van der Waals surface area contributed by atoms with E-state index >= 15 is 0 Å². The highest BCUT2D eigenvalue weighted by molar-refractivity contribution is 5.83. The van der Waals surface area contributed by atoms with Gasteiger partial charge in [-0.2, -0.15) is 0 Å². The molecule has 1 heterocycles. The Bertz CT molecular complexity index is 756. The van der Waals surface area contributed by atoms with Crippen molar-refractivity contribution in [1.82, 2.24) is 20.2 Å². The van der Waals surface area contributed by atoms with Gasteiger partial charge in [-0.05, 0) is 38.7 Å². The fraction of sp³-hybridized carbons (Fsp3) is 0.353. The Balaban J connectivity index is 2.00. The number of nitrogens with zero attached hydrogens (tertiary/aromatic N) is 2. The van der Waals surface area contributed by atoms with Gasteiger partial charge in [0, 0.05) is 24.7 Å². The van der Waals surface area contributed by atoms with Crippen LogP contribution in [0, 0.1) is 12.7 Å². The Morgan fingerprint density at radius 2 is 2.00 bits per heavy atom. The molecule has 2 aromatic rings. The number of aromatic amines is 1. The van der Waals surface area contributed by atoms with E-state index < -0.39 is 6.04 Å². The fourth-order valence-electron chi connectivity index (χ4n) is 2.49. The van der Waals surface area contributed by atoms with Crippen LogP contribution in [0.3, 0.4) is 0 Å². The number of likely N-dealkylation sites (N-methyl/N-ethyl adjacent to an activating group) is 1. The highest BCUT2D eigenvalue weighted by Gasteiger charge is 2.22. The number of aromatic nitrogens is 2. The van der Waals surface area contributed by atoms with E-state index in [0.717, 1.165) is 0 Å². The van der Waals surface area contributed by atoms with Gasteiger partial charge in [0.25, 0.3) is 5.56 Å². The van der Waals surface area contributed by atoms with Crippen LogP contribution < -0.4 is 10.9 Å². The van der Waals surface area contributed by atoms with Crippen LogP contribution >= 0.6 is 0 Å². The lowest BCUT2D eigenvalue weighted by Crippen LogP contribution is -2.38. The fourth-order valence-corrected chi connectivity index (χ4v) is 2.49. The summed E-state index contributed by atoms with van der Waals surface area (Å²) in [5, 5.41) is 2.83. The Morgan fingerprint density at radius 1 is 1.33 bits per heavy atom. The number of aryl methyl sites for hydroxylation is 1. The quantitative estimate of drug-likeness (QED) is 0.833. The number of rotatable bonds is 6. The maximum absolute atomic E-state index is 13.1. The average molecular weight is 332 g/mol. The number of H-pyrrole nitrogens is 1. The summed E-state index contributed by atoms with van der Waals surface area (Å²) in [6.45, 7) is 2.09. The van der Waals surface area contributed by atoms with Crippen LogP contribution in [0.1, 0.15) is 23.1 Å². The lowest BCUT2D eigenvalue weighted by molar-refractivity contribution is -0.125. The molecule has 1 aromatic heterocycles. The maximum atomic E-state index is 13.1. The molecule has 0 spiro atoms. The predicted molar refractivity (Wildman–Crippen MR) is 89.1 cm³/mol. The van der Waals surface area contributed by atoms with Gasteiger partial charge >= 0.3 is 0 Å². The van der Waals surface area contributed by atoms with Gasteiger partial charge in [0.2, 0.25) is 5.91 Å². The minimum Gasteiger partial charge on any atom is -0.354 e. The molecule has 1 aromatic carbocycles. The molecule has 0 saturated carbocycles. The molecule has 0 aliphatic carbocycles. The van der Waals surface area contributed by atoms with Gasteiger partial charge in [0.05, 0.1) is 0 Å². The monoisotopic (exact) mass is 332 g/mol. The first-order valence-electron chi connectivity index (χ1n) is 7.63. The van der Waals surface area contributed by atoms with E-state index in [2.05, 4.69) is 15.3 Å². The largest absolute Gasteiger partial charge is 0.354 e. The molecule has 6 nitrogen and oxygen atoms in total. The number of halogens is 1. The van der Waals surface area contributed by atoms with Crippen molar-refractivity contribution in [3.63, 3.8) is 0 Å². The third-order valence-corrected chi connectivity index (χ3v) is 3.53. The summed E-state index contributed by atoms with van der Waals surface area (Å²) < 4.78 is 13.1. The molecule has 1 amide bonds. The number of benzene rings is 1. The number of hydrogen-bond acceptors (Lipinski definition) is 4. The van der Waals surface area contributed by atoms with Crippen LogP contribution in [0.15, 0.2) is 35.1 Å². The molecule has 0 aliphatic heterocycles. The van der Waals surface area contributed by atoms with Crippen molar-refractivity contribution in [3.05, 3.63) is 63.6 Å². The molecule has 0 fully saturated rings. The third-order valence-electron chi connectivity index (χ3n) is 3.53. The van der Waals surface area contributed by atoms with Crippen LogP contribution in [0.25, 0.3) is 0 Å². The lowest BCUT2D eigenvalue weighted by atomic mass is 10.1. The summed E-state index contributed by atoms with van der Waals surface area (Å²) in [4.78, 5) is 32.5. The first-order valence-corrected chi connectivity index (χ1v) is 7.63. The Morgan fingerprint density at radius 3 is 2.58 bits per heavy atom.